The van der Waals surface area contributed by atoms with E-state index in [4.69, 9.17) is 11.5 Å². The molecule has 0 atom stereocenters. The van der Waals surface area contributed by atoms with Gasteiger partial charge in [0.15, 0.2) is 10.3 Å². The van der Waals surface area contributed by atoms with Crippen molar-refractivity contribution in [2.75, 3.05) is 23.1 Å². The van der Waals surface area contributed by atoms with Gasteiger partial charge in [-0.2, -0.15) is 10.2 Å². The summed E-state index contributed by atoms with van der Waals surface area (Å²) in [5.41, 5.74) is 15.8. The molecule has 0 heterocycles. The molecule has 0 bridgehead atoms. The Hall–Kier alpha value is -3.31. The minimum atomic E-state index is -0.351. The number of thioether (sulfide) groups is 2. The summed E-state index contributed by atoms with van der Waals surface area (Å²) in [5, 5.41) is 22.4. The zero-order chi connectivity index (χ0) is 23.5. The summed E-state index contributed by atoms with van der Waals surface area (Å²) in [5.74, 6) is 0. The molecule has 0 fully saturated rings. The standard InChI is InChI=1S/C21H26N8OS2/c1-13(26-28-19(22)31-3)15-5-9-17(10-6-15)24-21(30)25-18-11-7-16(8-12-18)14(2)27-29-20(23)32-4/h5-12H,1-4H3,(H2,22,28)(H2,23,29)(H2,24,25,30)/b26-13+,27-14+. The number of hydrogen-bond acceptors (Lipinski definition) is 7. The second kappa shape index (κ2) is 12.5. The first-order chi connectivity index (χ1) is 15.3. The molecule has 6 N–H and O–H groups in total. The molecule has 2 aromatic carbocycles. The number of hydrogen-bond donors (Lipinski definition) is 4. The normalized spacial score (nSPS) is 13.1. The molecule has 0 unspecified atom stereocenters. The summed E-state index contributed by atoms with van der Waals surface area (Å²) < 4.78 is 0. The van der Waals surface area contributed by atoms with Gasteiger partial charge in [0, 0.05) is 11.4 Å². The van der Waals surface area contributed by atoms with Crippen molar-refractivity contribution in [2.24, 2.45) is 31.9 Å². The van der Waals surface area contributed by atoms with E-state index in [1.165, 1.54) is 23.5 Å². The third-order valence-electron chi connectivity index (χ3n) is 4.14. The Bertz CT molecular complexity index is 961. The van der Waals surface area contributed by atoms with Crippen molar-refractivity contribution >= 4 is 62.7 Å². The minimum Gasteiger partial charge on any atom is -0.377 e. The predicted octanol–water partition coefficient (Wildman–Crippen LogP) is 4.13. The number of carbonyl (C=O) groups is 1. The van der Waals surface area contributed by atoms with Crippen LogP contribution in [0.15, 0.2) is 68.9 Å². The Morgan fingerprint density at radius 2 is 1.03 bits per heavy atom. The van der Waals surface area contributed by atoms with E-state index in [0.29, 0.717) is 21.7 Å². The number of carbonyl (C=O) groups excluding carboxylic acids is 1. The Morgan fingerprint density at radius 3 is 1.34 bits per heavy atom. The van der Waals surface area contributed by atoms with E-state index in [2.05, 4.69) is 31.0 Å². The Morgan fingerprint density at radius 1 is 0.688 bits per heavy atom. The van der Waals surface area contributed by atoms with E-state index in [1.54, 1.807) is 24.3 Å². The molecule has 0 saturated carbocycles. The Kier molecular flexibility index (Phi) is 9.76. The van der Waals surface area contributed by atoms with Crippen LogP contribution in [0.3, 0.4) is 0 Å². The van der Waals surface area contributed by atoms with Gasteiger partial charge in [0.05, 0.1) is 11.4 Å². The first-order valence-corrected chi connectivity index (χ1v) is 11.9. The Balaban J connectivity index is 1.96. The highest BCUT2D eigenvalue weighted by Crippen LogP contribution is 2.14. The van der Waals surface area contributed by atoms with Crippen molar-refractivity contribution in [1.82, 2.24) is 0 Å². The van der Waals surface area contributed by atoms with Crippen molar-refractivity contribution in [3.63, 3.8) is 0 Å². The fourth-order valence-electron chi connectivity index (χ4n) is 2.33. The summed E-state index contributed by atoms with van der Waals surface area (Å²) in [7, 11) is 0. The maximum Gasteiger partial charge on any atom is 0.323 e. The average Bonchev–Trinajstić information content (AvgIpc) is 2.81. The van der Waals surface area contributed by atoms with Crippen molar-refractivity contribution in [2.45, 2.75) is 13.8 Å². The van der Waals surface area contributed by atoms with Gasteiger partial charge in [-0.3, -0.25) is 0 Å². The number of amides is 2. The van der Waals surface area contributed by atoms with E-state index in [1.807, 2.05) is 50.6 Å². The van der Waals surface area contributed by atoms with Crippen LogP contribution in [-0.4, -0.2) is 40.3 Å². The maximum absolute atomic E-state index is 12.3. The van der Waals surface area contributed by atoms with Gasteiger partial charge in [-0.05, 0) is 61.8 Å². The molecule has 32 heavy (non-hydrogen) atoms. The van der Waals surface area contributed by atoms with Crippen molar-refractivity contribution < 1.29 is 4.79 Å². The summed E-state index contributed by atoms with van der Waals surface area (Å²) in [6.45, 7) is 3.68. The SMILES string of the molecule is CS/C(N)=N/N=C(\C)c1ccc(NC(=O)Nc2ccc(/C(C)=N/N=C(\N)SC)cc2)cc1. The zero-order valence-corrected chi connectivity index (χ0v) is 19.9. The lowest BCUT2D eigenvalue weighted by Gasteiger charge is -2.09. The molecule has 2 aromatic rings. The van der Waals surface area contributed by atoms with E-state index >= 15 is 0 Å². The van der Waals surface area contributed by atoms with Gasteiger partial charge in [0.25, 0.3) is 0 Å². The van der Waals surface area contributed by atoms with E-state index < -0.39 is 0 Å². The highest BCUT2D eigenvalue weighted by atomic mass is 32.2. The lowest BCUT2D eigenvalue weighted by molar-refractivity contribution is 0.262. The molecule has 11 heteroatoms. The van der Waals surface area contributed by atoms with Gasteiger partial charge in [0.1, 0.15) is 0 Å². The second-order valence-corrected chi connectivity index (χ2v) is 8.04. The van der Waals surface area contributed by atoms with E-state index in [-0.39, 0.29) is 6.03 Å². The molecule has 2 rings (SSSR count). The Labute approximate surface area is 195 Å². The smallest absolute Gasteiger partial charge is 0.323 e. The molecule has 0 aliphatic heterocycles. The molecular formula is C21H26N8OS2. The first-order valence-electron chi connectivity index (χ1n) is 9.44. The highest BCUT2D eigenvalue weighted by molar-refractivity contribution is 8.13. The molecule has 0 spiro atoms. The summed E-state index contributed by atoms with van der Waals surface area (Å²) in [4.78, 5) is 12.3. The topological polar surface area (TPSA) is 143 Å². The van der Waals surface area contributed by atoms with Crippen LogP contribution in [0.1, 0.15) is 25.0 Å². The number of nitrogens with zero attached hydrogens (tertiary/aromatic N) is 4. The molecule has 0 aliphatic rings. The number of nitrogens with one attached hydrogen (secondary N) is 2. The molecule has 0 aliphatic carbocycles. The molecule has 0 radical (unpaired) electrons. The lowest BCUT2D eigenvalue weighted by Crippen LogP contribution is -2.19. The predicted molar refractivity (Wildman–Crippen MR) is 140 cm³/mol. The maximum atomic E-state index is 12.3. The second-order valence-electron chi connectivity index (χ2n) is 6.39. The fourth-order valence-corrected chi connectivity index (χ4v) is 2.57. The third kappa shape index (κ3) is 8.08. The summed E-state index contributed by atoms with van der Waals surface area (Å²) in [6, 6.07) is 14.2. The van der Waals surface area contributed by atoms with Gasteiger partial charge in [-0.25, -0.2) is 4.79 Å². The van der Waals surface area contributed by atoms with Crippen LogP contribution >= 0.6 is 23.5 Å². The largest absolute Gasteiger partial charge is 0.377 e. The van der Waals surface area contributed by atoms with Crippen LogP contribution in [-0.2, 0) is 0 Å². The summed E-state index contributed by atoms with van der Waals surface area (Å²) >= 11 is 2.66. The van der Waals surface area contributed by atoms with Crippen LogP contribution in [0, 0.1) is 0 Å². The average molecular weight is 471 g/mol. The number of amidine groups is 2. The zero-order valence-electron chi connectivity index (χ0n) is 18.3. The molecule has 0 saturated heterocycles. The highest BCUT2D eigenvalue weighted by Gasteiger charge is 2.05. The molecule has 168 valence electrons. The van der Waals surface area contributed by atoms with E-state index in [0.717, 1.165) is 22.6 Å². The number of nitrogens with two attached hydrogens (primary N) is 2. The van der Waals surface area contributed by atoms with Gasteiger partial charge in [-0.1, -0.05) is 47.8 Å². The third-order valence-corrected chi connectivity index (χ3v) is 5.14. The van der Waals surface area contributed by atoms with Crippen molar-refractivity contribution in [3.05, 3.63) is 59.7 Å². The monoisotopic (exact) mass is 470 g/mol. The lowest BCUT2D eigenvalue weighted by atomic mass is 10.1. The number of rotatable bonds is 6. The fraction of sp³-hybridized carbons (Fsp3) is 0.190. The van der Waals surface area contributed by atoms with Gasteiger partial charge < -0.3 is 22.1 Å². The molecule has 2 amide bonds. The van der Waals surface area contributed by atoms with Crippen LogP contribution in [0.2, 0.25) is 0 Å². The first kappa shape index (κ1) is 25.0. The van der Waals surface area contributed by atoms with Gasteiger partial charge in [-0.15, -0.1) is 10.2 Å². The van der Waals surface area contributed by atoms with Gasteiger partial charge >= 0.3 is 6.03 Å². The van der Waals surface area contributed by atoms with Gasteiger partial charge in [0.2, 0.25) is 0 Å². The molecule has 0 aromatic heterocycles. The number of anilines is 2. The van der Waals surface area contributed by atoms with E-state index in [9.17, 15) is 4.79 Å². The van der Waals surface area contributed by atoms with Crippen LogP contribution in [0.4, 0.5) is 16.2 Å². The quantitative estimate of drug-likeness (QED) is 0.285. The number of benzene rings is 2. The molecular weight excluding hydrogens is 444 g/mol. The molecule has 9 nitrogen and oxygen atoms in total. The van der Waals surface area contributed by atoms with Crippen molar-refractivity contribution in [1.29, 1.82) is 0 Å². The van der Waals surface area contributed by atoms with Crippen LogP contribution in [0.5, 0.6) is 0 Å². The minimum absolute atomic E-state index is 0.351. The van der Waals surface area contributed by atoms with Crippen LogP contribution in [0.25, 0.3) is 0 Å². The van der Waals surface area contributed by atoms with Crippen LogP contribution < -0.4 is 22.1 Å². The van der Waals surface area contributed by atoms with Crippen molar-refractivity contribution in [3.8, 4) is 0 Å². The number of urea groups is 1. The summed E-state index contributed by atoms with van der Waals surface area (Å²) in [6.07, 6.45) is 3.66.